The Morgan fingerprint density at radius 2 is 1.32 bits per heavy atom. The van der Waals surface area contributed by atoms with E-state index in [0.29, 0.717) is 6.07 Å². The summed E-state index contributed by atoms with van der Waals surface area (Å²) in [5, 5.41) is 0. The molecule has 0 aliphatic carbocycles. The summed E-state index contributed by atoms with van der Waals surface area (Å²) in [6.07, 6.45) is 0. The molecule has 0 heterocycles. The van der Waals surface area contributed by atoms with Crippen LogP contribution in [0, 0.1) is 41.8 Å². The van der Waals surface area contributed by atoms with Gasteiger partial charge in [0.1, 0.15) is 13.7 Å². The summed E-state index contributed by atoms with van der Waals surface area (Å²) in [5.74, 6) is -10.6. The number of halogens is 6. The lowest BCUT2D eigenvalue weighted by atomic mass is 9.84. The van der Waals surface area contributed by atoms with Crippen molar-refractivity contribution in [1.29, 1.82) is 0 Å². The van der Waals surface area contributed by atoms with Gasteiger partial charge in [-0.05, 0) is 12.4 Å². The minimum Gasteiger partial charge on any atom is -0.493 e. The molecule has 0 N–H and O–H groups in total. The molecule has 0 aliphatic heterocycles. The minimum absolute atomic E-state index is 0.328. The van der Waals surface area contributed by atoms with E-state index in [9.17, 15) is 26.3 Å². The smallest absolute Gasteiger partial charge is 0.170 e. The van der Waals surface area contributed by atoms with E-state index < -0.39 is 62.8 Å². The summed E-state index contributed by atoms with van der Waals surface area (Å²) in [4.78, 5) is 0. The first-order valence-electron chi connectivity index (χ1n) is 5.86. The molecule has 2 aromatic carbocycles. The van der Waals surface area contributed by atoms with Crippen LogP contribution in [0.15, 0.2) is 6.07 Å². The average Bonchev–Trinajstić information content (AvgIpc) is 2.48. The van der Waals surface area contributed by atoms with Crippen LogP contribution in [-0.2, 0) is 0 Å². The molecule has 114 valence electrons. The van der Waals surface area contributed by atoms with Crippen LogP contribution in [0.3, 0.4) is 0 Å². The quantitative estimate of drug-likeness (QED) is 0.469. The summed E-state index contributed by atoms with van der Waals surface area (Å²) in [6.45, 7) is 0.813. The molecule has 1 nitrogen and oxygen atoms in total. The summed E-state index contributed by atoms with van der Waals surface area (Å²) < 4.78 is 87.1. The first-order chi connectivity index (χ1) is 10.2. The second-order valence-electron chi connectivity index (χ2n) is 4.42. The van der Waals surface area contributed by atoms with Gasteiger partial charge < -0.3 is 4.74 Å². The maximum atomic E-state index is 14.0. The molecule has 0 fully saturated rings. The zero-order valence-electron chi connectivity index (χ0n) is 11.3. The van der Waals surface area contributed by atoms with Crippen LogP contribution in [0.2, 0.25) is 0 Å². The third-order valence-corrected chi connectivity index (χ3v) is 3.16. The van der Waals surface area contributed by atoms with Gasteiger partial charge in [0.15, 0.2) is 34.8 Å². The van der Waals surface area contributed by atoms with Crippen molar-refractivity contribution in [3.63, 3.8) is 0 Å². The normalized spacial score (nSPS) is 10.9. The summed E-state index contributed by atoms with van der Waals surface area (Å²) in [5.41, 5.74) is -4.09. The lowest BCUT2D eigenvalue weighted by Crippen LogP contribution is -2.17. The Bertz CT molecular complexity index is 746. The maximum absolute atomic E-state index is 14.0. The predicted molar refractivity (Wildman–Crippen MR) is 68.3 cm³/mol. The summed E-state index contributed by atoms with van der Waals surface area (Å²) >= 11 is 0. The Morgan fingerprint density at radius 1 is 0.818 bits per heavy atom. The molecule has 0 amide bonds. The fourth-order valence-electron chi connectivity index (χ4n) is 2.02. The molecule has 0 aliphatic rings. The van der Waals surface area contributed by atoms with Gasteiger partial charge in [-0.1, -0.05) is 0 Å². The molecule has 2 radical (unpaired) electrons. The molecule has 0 aromatic heterocycles. The third kappa shape index (κ3) is 2.22. The molecular formula is C14H7BF6O. The predicted octanol–water partition coefficient (Wildman–Crippen LogP) is 3.30. The number of benzene rings is 2. The second-order valence-corrected chi connectivity index (χ2v) is 4.42. The van der Waals surface area contributed by atoms with Crippen molar-refractivity contribution in [1.82, 2.24) is 0 Å². The van der Waals surface area contributed by atoms with Gasteiger partial charge in [-0.15, -0.1) is 0 Å². The van der Waals surface area contributed by atoms with E-state index in [1.807, 2.05) is 0 Å². The van der Waals surface area contributed by atoms with Crippen molar-refractivity contribution in [3.05, 3.63) is 46.5 Å². The van der Waals surface area contributed by atoms with Crippen molar-refractivity contribution in [2.45, 2.75) is 6.92 Å². The summed E-state index contributed by atoms with van der Waals surface area (Å²) in [7, 11) is 6.26. The van der Waals surface area contributed by atoms with Crippen molar-refractivity contribution >= 4 is 13.3 Å². The van der Waals surface area contributed by atoms with E-state index in [-0.39, 0.29) is 0 Å². The highest BCUT2D eigenvalue weighted by Gasteiger charge is 2.29. The Hall–Kier alpha value is -2.12. The van der Waals surface area contributed by atoms with Gasteiger partial charge in [-0.2, -0.15) is 0 Å². The minimum atomic E-state index is -1.83. The van der Waals surface area contributed by atoms with E-state index in [4.69, 9.17) is 7.85 Å². The van der Waals surface area contributed by atoms with Gasteiger partial charge in [0.05, 0.1) is 12.7 Å². The highest BCUT2D eigenvalue weighted by Crippen LogP contribution is 2.37. The number of hydrogen-bond acceptors (Lipinski definition) is 1. The van der Waals surface area contributed by atoms with Crippen LogP contribution >= 0.6 is 0 Å². The standard InChI is InChI=1S/C14H7BF6O/c1-4-10(18)12(20)8(13(21)11(4)19)7-9(15)5(16)3-6(17)14(7)22-2/h3H,1-2H3. The number of methoxy groups -OCH3 is 1. The fourth-order valence-corrected chi connectivity index (χ4v) is 2.02. The van der Waals surface area contributed by atoms with E-state index >= 15 is 0 Å². The van der Waals surface area contributed by atoms with E-state index in [1.165, 1.54) is 0 Å². The van der Waals surface area contributed by atoms with Crippen LogP contribution in [-0.4, -0.2) is 15.0 Å². The molecule has 0 saturated heterocycles. The van der Waals surface area contributed by atoms with Crippen molar-refractivity contribution < 1.29 is 31.1 Å². The molecule has 2 rings (SSSR count). The molecular weight excluding hydrogens is 309 g/mol. The van der Waals surface area contributed by atoms with E-state index in [2.05, 4.69) is 4.74 Å². The SMILES string of the molecule is [B]c1c(F)cc(F)c(OC)c1-c1c(F)c(F)c(C)c(F)c1F. The van der Waals surface area contributed by atoms with Gasteiger partial charge in [0.25, 0.3) is 0 Å². The highest BCUT2D eigenvalue weighted by molar-refractivity contribution is 6.36. The van der Waals surface area contributed by atoms with Gasteiger partial charge >= 0.3 is 0 Å². The van der Waals surface area contributed by atoms with Crippen molar-refractivity contribution in [2.24, 2.45) is 0 Å². The molecule has 8 heteroatoms. The Morgan fingerprint density at radius 3 is 1.77 bits per heavy atom. The van der Waals surface area contributed by atoms with Gasteiger partial charge in [-0.25, -0.2) is 26.3 Å². The first-order valence-corrected chi connectivity index (χ1v) is 5.86. The number of ether oxygens (including phenoxy) is 1. The molecule has 0 spiro atoms. The van der Waals surface area contributed by atoms with Crippen LogP contribution in [0.1, 0.15) is 5.56 Å². The lowest BCUT2D eigenvalue weighted by Gasteiger charge is -2.16. The molecule has 0 saturated carbocycles. The van der Waals surface area contributed by atoms with Gasteiger partial charge in [0.2, 0.25) is 0 Å². The Labute approximate surface area is 122 Å². The van der Waals surface area contributed by atoms with Crippen LogP contribution < -0.4 is 10.2 Å². The molecule has 2 aromatic rings. The Kier molecular flexibility index (Phi) is 4.13. The lowest BCUT2D eigenvalue weighted by molar-refractivity contribution is 0.385. The fraction of sp³-hybridized carbons (Fsp3) is 0.143. The maximum Gasteiger partial charge on any atom is 0.170 e. The van der Waals surface area contributed by atoms with E-state index in [0.717, 1.165) is 14.0 Å². The van der Waals surface area contributed by atoms with Crippen molar-refractivity contribution in [2.75, 3.05) is 7.11 Å². The number of rotatable bonds is 2. The molecule has 22 heavy (non-hydrogen) atoms. The largest absolute Gasteiger partial charge is 0.493 e. The highest BCUT2D eigenvalue weighted by atomic mass is 19.2. The second kappa shape index (κ2) is 5.59. The summed E-state index contributed by atoms with van der Waals surface area (Å²) in [6, 6.07) is 0.328. The van der Waals surface area contributed by atoms with Gasteiger partial charge in [-0.3, -0.25) is 0 Å². The Balaban J connectivity index is 3.01. The molecule has 0 atom stereocenters. The topological polar surface area (TPSA) is 9.23 Å². The number of hydrogen-bond donors (Lipinski definition) is 0. The van der Waals surface area contributed by atoms with E-state index in [1.54, 1.807) is 0 Å². The first kappa shape index (κ1) is 16.3. The van der Waals surface area contributed by atoms with Crippen LogP contribution in [0.5, 0.6) is 5.75 Å². The molecule has 0 unspecified atom stereocenters. The van der Waals surface area contributed by atoms with Crippen molar-refractivity contribution in [3.8, 4) is 16.9 Å². The van der Waals surface area contributed by atoms with Gasteiger partial charge in [0, 0.05) is 17.2 Å². The third-order valence-electron chi connectivity index (χ3n) is 3.16. The monoisotopic (exact) mass is 316 g/mol. The zero-order valence-corrected chi connectivity index (χ0v) is 11.3. The van der Waals surface area contributed by atoms with Crippen LogP contribution in [0.25, 0.3) is 11.1 Å². The van der Waals surface area contributed by atoms with Crippen LogP contribution in [0.4, 0.5) is 26.3 Å². The molecule has 0 bridgehead atoms. The zero-order chi connectivity index (χ0) is 16.8. The average molecular weight is 316 g/mol.